The van der Waals surface area contributed by atoms with Gasteiger partial charge in [0.15, 0.2) is 0 Å². The van der Waals surface area contributed by atoms with E-state index in [9.17, 15) is 15.2 Å². The molecule has 2 saturated heterocycles. The fourth-order valence-electron chi connectivity index (χ4n) is 6.20. The lowest BCUT2D eigenvalue weighted by atomic mass is 9.42. The molecular weight excluding hydrogens is 346 g/mol. The van der Waals surface area contributed by atoms with Crippen LogP contribution in [0, 0.1) is 17.8 Å². The molecule has 140 valence electrons. The van der Waals surface area contributed by atoms with Crippen LogP contribution >= 0.6 is 0 Å². The summed E-state index contributed by atoms with van der Waals surface area (Å²) in [5.41, 5.74) is 2.75. The van der Waals surface area contributed by atoms with Crippen LogP contribution in [0.3, 0.4) is 0 Å². The smallest absolute Gasteiger partial charge is 0.310 e. The molecule has 2 saturated carbocycles. The number of methoxy groups -OCH3 is 1. The van der Waals surface area contributed by atoms with Gasteiger partial charge in [-0.3, -0.25) is 9.79 Å². The third-order valence-corrected chi connectivity index (χ3v) is 6.96. The highest BCUT2D eigenvalue weighted by Crippen LogP contribution is 2.66. The molecule has 5 aliphatic rings. The molecule has 7 nitrogen and oxygen atoms in total. The topological polar surface area (TPSA) is 94.7 Å². The lowest BCUT2D eigenvalue weighted by Gasteiger charge is -2.65. The Hall–Kier alpha value is -2.51. The quantitative estimate of drug-likeness (QED) is 0.275. The van der Waals surface area contributed by atoms with Crippen molar-refractivity contribution in [1.29, 1.82) is 0 Å². The van der Waals surface area contributed by atoms with Gasteiger partial charge in [-0.25, -0.2) is 0 Å². The number of piperidine rings is 2. The molecule has 1 aromatic carbocycles. The highest BCUT2D eigenvalue weighted by Gasteiger charge is 2.73. The van der Waals surface area contributed by atoms with Crippen LogP contribution in [0.15, 0.2) is 46.1 Å². The van der Waals surface area contributed by atoms with Gasteiger partial charge in [-0.1, -0.05) is 29.8 Å². The minimum absolute atomic E-state index is 0.0469. The average molecular weight is 367 g/mol. The number of allylic oxidation sites excluding steroid dienone is 1. The zero-order chi connectivity index (χ0) is 18.9. The van der Waals surface area contributed by atoms with Crippen molar-refractivity contribution in [3.63, 3.8) is 0 Å². The normalized spacial score (nSPS) is 40.3. The van der Waals surface area contributed by atoms with E-state index in [4.69, 9.17) is 9.73 Å². The predicted molar refractivity (Wildman–Crippen MR) is 97.6 cm³/mol. The van der Waals surface area contributed by atoms with Crippen molar-refractivity contribution in [3.05, 3.63) is 41.5 Å². The number of hydrogen-bond acceptors (Lipinski definition) is 7. The minimum Gasteiger partial charge on any atom is -0.469 e. The number of carbonyl (C=O) groups excluding carboxylic acids is 1. The van der Waals surface area contributed by atoms with Crippen molar-refractivity contribution in [2.45, 2.75) is 30.8 Å². The second kappa shape index (κ2) is 5.50. The first-order chi connectivity index (χ1) is 13.1. The number of oxime groups is 1. The molecule has 2 aliphatic carbocycles. The molecule has 0 radical (unpaired) electrons. The van der Waals surface area contributed by atoms with Gasteiger partial charge in [0.25, 0.3) is 0 Å². The summed E-state index contributed by atoms with van der Waals surface area (Å²) < 4.78 is 5.24. The monoisotopic (exact) mass is 367 g/mol. The van der Waals surface area contributed by atoms with Gasteiger partial charge in [-0.2, -0.15) is 5.06 Å². The summed E-state index contributed by atoms with van der Waals surface area (Å²) in [5, 5.41) is 25.1. The molecule has 4 fully saturated rings. The summed E-state index contributed by atoms with van der Waals surface area (Å²) in [6.07, 6.45) is 4.03. The number of rotatable bonds is 2. The molecule has 0 unspecified atom stereocenters. The Kier molecular flexibility index (Phi) is 3.39. The van der Waals surface area contributed by atoms with E-state index in [0.717, 1.165) is 22.5 Å². The van der Waals surface area contributed by atoms with Crippen molar-refractivity contribution in [1.82, 2.24) is 5.06 Å². The number of ether oxygens (including phenoxy) is 1. The van der Waals surface area contributed by atoms with Gasteiger partial charge in [0, 0.05) is 12.1 Å². The second-order valence-electron chi connectivity index (χ2n) is 7.65. The number of fused-ring (bicyclic) bond motifs is 1. The molecule has 6 atom stereocenters. The summed E-state index contributed by atoms with van der Waals surface area (Å²) in [6.45, 7) is 1.92. The standard InChI is InChI=1S/C20H21N3O4/c1-3-10-11-8-15-18-20(16(11)19(24)27-2,12-6-4-5-7-14(12)22-18)13(9-21-25)17(10)23(15)26/h3-7,9,11,13,15-17,25-26H,8H2,1-2H3/b10-3+,21-9+/t11-,13-,15-,16-,17-,20+/m0/s1. The number of aliphatic imine (C=N–C) groups is 1. The van der Waals surface area contributed by atoms with E-state index >= 15 is 0 Å². The van der Waals surface area contributed by atoms with E-state index < -0.39 is 17.3 Å². The van der Waals surface area contributed by atoms with E-state index in [2.05, 4.69) is 5.16 Å². The van der Waals surface area contributed by atoms with E-state index in [1.807, 2.05) is 37.3 Å². The molecule has 2 N–H and O–H groups in total. The predicted octanol–water partition coefficient (Wildman–Crippen LogP) is 2.30. The fraction of sp³-hybridized carbons (Fsp3) is 0.450. The third-order valence-electron chi connectivity index (χ3n) is 6.96. The maximum absolute atomic E-state index is 13.1. The van der Waals surface area contributed by atoms with Gasteiger partial charge in [-0.05, 0) is 30.9 Å². The molecule has 1 spiro atoms. The Bertz CT molecular complexity index is 924. The third kappa shape index (κ3) is 1.72. The fourth-order valence-corrected chi connectivity index (χ4v) is 6.20. The van der Waals surface area contributed by atoms with Crippen molar-refractivity contribution in [2.75, 3.05) is 7.11 Å². The Balaban J connectivity index is 1.87. The summed E-state index contributed by atoms with van der Waals surface area (Å²) in [7, 11) is 1.41. The van der Waals surface area contributed by atoms with Crippen LogP contribution in [-0.4, -0.2) is 52.6 Å². The van der Waals surface area contributed by atoms with E-state index in [-0.39, 0.29) is 24.0 Å². The largest absolute Gasteiger partial charge is 0.469 e. The molecule has 6 rings (SSSR count). The number of para-hydroxylation sites is 1. The SMILES string of the molecule is C/C=C1\[C@@H]2C[C@H]3C4=Nc5ccccc5[C@]4([C@@H]2C(=O)OC)[C@@H](/C=N/O)[C@H]1N3O. The zero-order valence-electron chi connectivity index (χ0n) is 15.1. The highest BCUT2D eigenvalue weighted by molar-refractivity contribution is 6.12. The van der Waals surface area contributed by atoms with Crippen LogP contribution < -0.4 is 0 Å². The number of hydrogen-bond donors (Lipinski definition) is 2. The van der Waals surface area contributed by atoms with Crippen LogP contribution in [0.5, 0.6) is 0 Å². The van der Waals surface area contributed by atoms with Crippen LogP contribution in [0.4, 0.5) is 5.69 Å². The van der Waals surface area contributed by atoms with Crippen LogP contribution in [0.1, 0.15) is 18.9 Å². The van der Waals surface area contributed by atoms with Crippen molar-refractivity contribution >= 4 is 23.6 Å². The van der Waals surface area contributed by atoms with Crippen molar-refractivity contribution in [3.8, 4) is 0 Å². The zero-order valence-corrected chi connectivity index (χ0v) is 15.1. The van der Waals surface area contributed by atoms with Crippen LogP contribution in [0.25, 0.3) is 0 Å². The molecule has 4 bridgehead atoms. The molecule has 1 aromatic rings. The second-order valence-corrected chi connectivity index (χ2v) is 7.65. The Morgan fingerprint density at radius 1 is 1.44 bits per heavy atom. The van der Waals surface area contributed by atoms with Crippen molar-refractivity contribution in [2.24, 2.45) is 27.9 Å². The molecule has 0 aromatic heterocycles. The lowest BCUT2D eigenvalue weighted by molar-refractivity contribution is -0.200. The van der Waals surface area contributed by atoms with E-state index in [1.165, 1.54) is 18.4 Å². The van der Waals surface area contributed by atoms with Gasteiger partial charge in [-0.15, -0.1) is 5.16 Å². The molecule has 0 amide bonds. The lowest BCUT2D eigenvalue weighted by Crippen LogP contribution is -2.77. The Labute approximate surface area is 156 Å². The number of esters is 1. The maximum Gasteiger partial charge on any atom is 0.310 e. The molecule has 7 heteroatoms. The van der Waals surface area contributed by atoms with Crippen molar-refractivity contribution < 1.29 is 19.9 Å². The van der Waals surface area contributed by atoms with Crippen LogP contribution in [-0.2, 0) is 14.9 Å². The summed E-state index contributed by atoms with van der Waals surface area (Å²) in [6, 6.07) is 7.14. The van der Waals surface area contributed by atoms with E-state index in [1.54, 1.807) is 0 Å². The molecule has 3 heterocycles. The van der Waals surface area contributed by atoms with E-state index in [0.29, 0.717) is 6.42 Å². The van der Waals surface area contributed by atoms with Gasteiger partial charge >= 0.3 is 5.97 Å². The Morgan fingerprint density at radius 2 is 2.22 bits per heavy atom. The number of hydroxylamine groups is 2. The first kappa shape index (κ1) is 16.6. The molecule has 3 aliphatic heterocycles. The van der Waals surface area contributed by atoms with Gasteiger partial charge in [0.1, 0.15) is 0 Å². The number of nitrogens with zero attached hydrogens (tertiary/aromatic N) is 3. The first-order valence-electron chi connectivity index (χ1n) is 9.18. The molecule has 27 heavy (non-hydrogen) atoms. The van der Waals surface area contributed by atoms with Gasteiger partial charge in [0.2, 0.25) is 0 Å². The number of benzene rings is 1. The number of carbonyl (C=O) groups is 1. The van der Waals surface area contributed by atoms with Crippen LogP contribution in [0.2, 0.25) is 0 Å². The maximum atomic E-state index is 13.1. The summed E-state index contributed by atoms with van der Waals surface area (Å²) >= 11 is 0. The summed E-state index contributed by atoms with van der Waals surface area (Å²) in [4.78, 5) is 17.9. The Morgan fingerprint density at radius 3 is 2.93 bits per heavy atom. The summed E-state index contributed by atoms with van der Waals surface area (Å²) in [5.74, 6) is -1.24. The minimum atomic E-state index is -0.764. The highest BCUT2D eigenvalue weighted by atomic mass is 16.5. The van der Waals surface area contributed by atoms with Gasteiger partial charge < -0.3 is 15.2 Å². The first-order valence-corrected chi connectivity index (χ1v) is 9.18. The molecular formula is C20H21N3O4. The average Bonchev–Trinajstić information content (AvgIpc) is 3.03. The van der Waals surface area contributed by atoms with Gasteiger partial charge in [0.05, 0.1) is 41.9 Å².